The highest BCUT2D eigenvalue weighted by Crippen LogP contribution is 2.22. The molecule has 0 aliphatic rings. The molecule has 0 fully saturated rings. The second-order valence-corrected chi connectivity index (χ2v) is 4.39. The standard InChI is InChI=1S/C13H9ClF3N3O/c1-18-12-7(14)4-6(5-19-12)13(21)20-9-3-2-8(15)10(16)11(9)17/h2-5H,1H3,(H,18,19)(H,20,21). The number of nitrogens with zero attached hydrogens (tertiary/aromatic N) is 1. The van der Waals surface area contributed by atoms with E-state index < -0.39 is 29.0 Å². The Bertz CT molecular complexity index is 709. The van der Waals surface area contributed by atoms with Crippen LogP contribution in [0.25, 0.3) is 0 Å². The lowest BCUT2D eigenvalue weighted by Gasteiger charge is -2.08. The lowest BCUT2D eigenvalue weighted by atomic mass is 10.2. The molecule has 1 heterocycles. The number of hydrogen-bond donors (Lipinski definition) is 2. The Kier molecular flexibility index (Phi) is 4.32. The predicted molar refractivity (Wildman–Crippen MR) is 73.1 cm³/mol. The van der Waals surface area contributed by atoms with E-state index in [1.807, 2.05) is 0 Å². The monoisotopic (exact) mass is 315 g/mol. The van der Waals surface area contributed by atoms with Crippen LogP contribution in [-0.2, 0) is 0 Å². The normalized spacial score (nSPS) is 10.3. The number of nitrogens with one attached hydrogen (secondary N) is 2. The van der Waals surface area contributed by atoms with E-state index in [2.05, 4.69) is 15.6 Å². The molecule has 4 nitrogen and oxygen atoms in total. The van der Waals surface area contributed by atoms with Crippen molar-refractivity contribution >= 4 is 29.0 Å². The van der Waals surface area contributed by atoms with Crippen molar-refractivity contribution in [3.8, 4) is 0 Å². The Balaban J connectivity index is 2.26. The smallest absolute Gasteiger partial charge is 0.257 e. The van der Waals surface area contributed by atoms with Crippen LogP contribution in [0.5, 0.6) is 0 Å². The molecule has 0 saturated heterocycles. The molecular weight excluding hydrogens is 307 g/mol. The van der Waals surface area contributed by atoms with E-state index in [-0.39, 0.29) is 10.6 Å². The first-order chi connectivity index (χ1) is 9.93. The number of hydrogen-bond acceptors (Lipinski definition) is 3. The molecule has 0 aliphatic carbocycles. The van der Waals surface area contributed by atoms with Crippen LogP contribution in [0.2, 0.25) is 5.02 Å². The minimum Gasteiger partial charge on any atom is -0.372 e. The fourth-order valence-corrected chi connectivity index (χ4v) is 1.82. The topological polar surface area (TPSA) is 54.0 Å². The third kappa shape index (κ3) is 3.08. The molecule has 0 aliphatic heterocycles. The van der Waals surface area contributed by atoms with Gasteiger partial charge in [0.05, 0.1) is 16.3 Å². The molecule has 0 bridgehead atoms. The van der Waals surface area contributed by atoms with E-state index in [9.17, 15) is 18.0 Å². The molecule has 1 amide bonds. The molecule has 21 heavy (non-hydrogen) atoms. The maximum atomic E-state index is 13.5. The zero-order valence-corrected chi connectivity index (χ0v) is 11.4. The second-order valence-electron chi connectivity index (χ2n) is 3.98. The van der Waals surface area contributed by atoms with Gasteiger partial charge in [-0.25, -0.2) is 18.2 Å². The van der Waals surface area contributed by atoms with E-state index in [0.29, 0.717) is 11.9 Å². The van der Waals surface area contributed by atoms with Crippen LogP contribution in [0.3, 0.4) is 0 Å². The number of carbonyl (C=O) groups excluding carboxylic acids is 1. The number of carbonyl (C=O) groups is 1. The predicted octanol–water partition coefficient (Wildman–Crippen LogP) is 3.45. The molecule has 2 rings (SSSR count). The first kappa shape index (κ1) is 15.1. The lowest BCUT2D eigenvalue weighted by Crippen LogP contribution is -2.14. The zero-order chi connectivity index (χ0) is 15.6. The summed E-state index contributed by atoms with van der Waals surface area (Å²) in [6.07, 6.45) is 1.21. The van der Waals surface area contributed by atoms with Gasteiger partial charge in [0.15, 0.2) is 17.5 Å². The van der Waals surface area contributed by atoms with Gasteiger partial charge in [-0.1, -0.05) is 11.6 Å². The summed E-state index contributed by atoms with van der Waals surface area (Å²) in [6, 6.07) is 2.94. The Morgan fingerprint density at radius 1 is 1.24 bits per heavy atom. The minimum absolute atomic E-state index is 0.0446. The van der Waals surface area contributed by atoms with Crippen molar-refractivity contribution in [2.24, 2.45) is 0 Å². The highest BCUT2D eigenvalue weighted by molar-refractivity contribution is 6.33. The quantitative estimate of drug-likeness (QED) is 0.853. The van der Waals surface area contributed by atoms with Gasteiger partial charge in [0, 0.05) is 13.2 Å². The van der Waals surface area contributed by atoms with Crippen molar-refractivity contribution in [2.75, 3.05) is 17.7 Å². The van der Waals surface area contributed by atoms with Crippen molar-refractivity contribution in [3.05, 3.63) is 52.4 Å². The van der Waals surface area contributed by atoms with E-state index >= 15 is 0 Å². The Labute approximate surface area is 122 Å². The molecule has 1 aromatic carbocycles. The third-order valence-corrected chi connectivity index (χ3v) is 2.91. The number of aromatic nitrogens is 1. The van der Waals surface area contributed by atoms with Gasteiger partial charge in [0.1, 0.15) is 5.82 Å². The average Bonchev–Trinajstić information content (AvgIpc) is 2.47. The molecule has 110 valence electrons. The number of anilines is 2. The van der Waals surface area contributed by atoms with Crippen molar-refractivity contribution in [1.82, 2.24) is 4.98 Å². The molecule has 0 radical (unpaired) electrons. The van der Waals surface area contributed by atoms with Crippen LogP contribution in [0.4, 0.5) is 24.7 Å². The van der Waals surface area contributed by atoms with Crippen LogP contribution >= 0.6 is 11.6 Å². The van der Waals surface area contributed by atoms with E-state index in [4.69, 9.17) is 11.6 Å². The number of pyridine rings is 1. The van der Waals surface area contributed by atoms with Gasteiger partial charge in [-0.15, -0.1) is 0 Å². The fourth-order valence-electron chi connectivity index (χ4n) is 1.56. The molecule has 0 saturated carbocycles. The summed E-state index contributed by atoms with van der Waals surface area (Å²) in [4.78, 5) is 15.8. The van der Waals surface area contributed by atoms with Crippen LogP contribution in [0, 0.1) is 17.5 Å². The molecule has 0 unspecified atom stereocenters. The van der Waals surface area contributed by atoms with Gasteiger partial charge < -0.3 is 10.6 Å². The zero-order valence-electron chi connectivity index (χ0n) is 10.7. The van der Waals surface area contributed by atoms with Gasteiger partial charge in [0.25, 0.3) is 5.91 Å². The molecule has 0 atom stereocenters. The van der Waals surface area contributed by atoms with Gasteiger partial charge in [-0.2, -0.15) is 0 Å². The third-order valence-electron chi connectivity index (χ3n) is 2.62. The Morgan fingerprint density at radius 2 is 1.95 bits per heavy atom. The molecular formula is C13H9ClF3N3O. The van der Waals surface area contributed by atoms with Crippen molar-refractivity contribution in [3.63, 3.8) is 0 Å². The largest absolute Gasteiger partial charge is 0.372 e. The molecule has 0 spiro atoms. The highest BCUT2D eigenvalue weighted by atomic mass is 35.5. The van der Waals surface area contributed by atoms with Crippen molar-refractivity contribution in [1.29, 1.82) is 0 Å². The first-order valence-corrected chi connectivity index (χ1v) is 6.10. The minimum atomic E-state index is -1.66. The van der Waals surface area contributed by atoms with Crippen LogP contribution in [0.15, 0.2) is 24.4 Å². The second kappa shape index (κ2) is 6.01. The molecule has 1 aromatic heterocycles. The van der Waals surface area contributed by atoms with Crippen LogP contribution in [-0.4, -0.2) is 17.9 Å². The fraction of sp³-hybridized carbons (Fsp3) is 0.0769. The molecule has 2 aromatic rings. The van der Waals surface area contributed by atoms with Gasteiger partial charge in [0.2, 0.25) is 0 Å². The first-order valence-electron chi connectivity index (χ1n) is 5.72. The van der Waals surface area contributed by atoms with Gasteiger partial charge in [-0.3, -0.25) is 4.79 Å². The summed E-state index contributed by atoms with van der Waals surface area (Å²) in [7, 11) is 1.60. The van der Waals surface area contributed by atoms with E-state index in [1.165, 1.54) is 12.3 Å². The molecule has 2 N–H and O–H groups in total. The summed E-state index contributed by atoms with van der Waals surface area (Å²) < 4.78 is 39.3. The maximum Gasteiger partial charge on any atom is 0.257 e. The van der Waals surface area contributed by atoms with Crippen LogP contribution < -0.4 is 10.6 Å². The maximum absolute atomic E-state index is 13.5. The number of halogens is 4. The lowest BCUT2D eigenvalue weighted by molar-refractivity contribution is 0.102. The molecule has 8 heteroatoms. The summed E-state index contributed by atoms with van der Waals surface area (Å²) in [5, 5.41) is 5.02. The van der Waals surface area contributed by atoms with E-state index in [0.717, 1.165) is 6.07 Å². The number of benzene rings is 1. The van der Waals surface area contributed by atoms with Gasteiger partial charge in [-0.05, 0) is 18.2 Å². The Hall–Kier alpha value is -2.28. The van der Waals surface area contributed by atoms with Gasteiger partial charge >= 0.3 is 0 Å². The SMILES string of the molecule is CNc1ncc(C(=O)Nc2ccc(F)c(F)c2F)cc1Cl. The van der Waals surface area contributed by atoms with Crippen LogP contribution in [0.1, 0.15) is 10.4 Å². The highest BCUT2D eigenvalue weighted by Gasteiger charge is 2.16. The van der Waals surface area contributed by atoms with E-state index in [1.54, 1.807) is 7.05 Å². The summed E-state index contributed by atoms with van der Waals surface area (Å²) in [5.74, 6) is -4.86. The Morgan fingerprint density at radius 3 is 2.57 bits per heavy atom. The number of amides is 1. The average molecular weight is 316 g/mol. The summed E-state index contributed by atoms with van der Waals surface area (Å²) in [5.41, 5.74) is -0.434. The summed E-state index contributed by atoms with van der Waals surface area (Å²) >= 11 is 5.87. The van der Waals surface area contributed by atoms with Crippen molar-refractivity contribution in [2.45, 2.75) is 0 Å². The van der Waals surface area contributed by atoms with Crippen molar-refractivity contribution < 1.29 is 18.0 Å². The number of rotatable bonds is 3. The summed E-state index contributed by atoms with van der Waals surface area (Å²) in [6.45, 7) is 0.